The molecule has 0 bridgehead atoms. The molecule has 1 fully saturated rings. The summed E-state index contributed by atoms with van der Waals surface area (Å²) < 4.78 is 0. The van der Waals surface area contributed by atoms with E-state index in [9.17, 15) is 9.90 Å². The average molecular weight is 249 g/mol. The van der Waals surface area contributed by atoms with Crippen LogP contribution in [0.4, 0.5) is 5.82 Å². The normalized spacial score (nSPS) is 23.7. The Morgan fingerprint density at radius 3 is 2.94 bits per heavy atom. The topological polar surface area (TPSA) is 74.2 Å². The van der Waals surface area contributed by atoms with Crippen molar-refractivity contribution < 1.29 is 9.90 Å². The molecule has 0 spiro atoms. The first kappa shape index (κ1) is 12.8. The quantitative estimate of drug-likeness (QED) is 0.743. The van der Waals surface area contributed by atoms with Gasteiger partial charge in [-0.15, -0.1) is 0 Å². The van der Waals surface area contributed by atoms with Crippen LogP contribution in [-0.4, -0.2) is 28.1 Å². The highest BCUT2D eigenvalue weighted by atomic mass is 16.3. The molecule has 0 radical (unpaired) electrons. The van der Waals surface area contributed by atoms with E-state index >= 15 is 0 Å². The van der Waals surface area contributed by atoms with Crippen LogP contribution in [-0.2, 0) is 4.79 Å². The molecule has 3 N–H and O–H groups in total. The molecule has 1 aliphatic rings. The van der Waals surface area contributed by atoms with Gasteiger partial charge in [0.25, 0.3) is 0 Å². The summed E-state index contributed by atoms with van der Waals surface area (Å²) in [6.07, 6.45) is 2.92. The Morgan fingerprint density at radius 2 is 2.28 bits per heavy atom. The first-order chi connectivity index (χ1) is 8.51. The molecule has 1 aromatic rings. The second kappa shape index (κ2) is 4.94. The molecule has 1 unspecified atom stereocenters. The fourth-order valence-electron chi connectivity index (χ4n) is 2.14. The maximum Gasteiger partial charge on any atom is 0.245 e. The Hall–Kier alpha value is -1.62. The zero-order chi connectivity index (χ0) is 13.2. The lowest BCUT2D eigenvalue weighted by atomic mass is 9.90. The van der Waals surface area contributed by atoms with E-state index in [1.807, 2.05) is 13.8 Å². The van der Waals surface area contributed by atoms with Crippen LogP contribution in [0.15, 0.2) is 12.1 Å². The van der Waals surface area contributed by atoms with E-state index in [0.29, 0.717) is 0 Å². The van der Waals surface area contributed by atoms with Gasteiger partial charge in [0.1, 0.15) is 0 Å². The van der Waals surface area contributed by atoms with Gasteiger partial charge in [-0.2, -0.15) is 0 Å². The van der Waals surface area contributed by atoms with Gasteiger partial charge in [-0.1, -0.05) is 0 Å². The number of aromatic hydroxyl groups is 1. The van der Waals surface area contributed by atoms with Gasteiger partial charge in [0, 0.05) is 5.69 Å². The summed E-state index contributed by atoms with van der Waals surface area (Å²) in [4.78, 5) is 16.4. The number of rotatable bonds is 2. The second-order valence-electron chi connectivity index (χ2n) is 4.99. The van der Waals surface area contributed by atoms with Crippen molar-refractivity contribution in [1.29, 1.82) is 0 Å². The van der Waals surface area contributed by atoms with E-state index in [0.717, 1.165) is 31.5 Å². The molecule has 1 aliphatic heterocycles. The van der Waals surface area contributed by atoms with Gasteiger partial charge in [0.2, 0.25) is 5.91 Å². The number of piperidine rings is 1. The summed E-state index contributed by atoms with van der Waals surface area (Å²) in [5, 5.41) is 15.6. The lowest BCUT2D eigenvalue weighted by Crippen LogP contribution is -2.54. The summed E-state index contributed by atoms with van der Waals surface area (Å²) in [6, 6.07) is 3.24. The maximum atomic E-state index is 12.2. The van der Waals surface area contributed by atoms with Gasteiger partial charge in [-0.3, -0.25) is 4.79 Å². The molecule has 98 valence electrons. The molecule has 18 heavy (non-hydrogen) atoms. The lowest BCUT2D eigenvalue weighted by molar-refractivity contribution is -0.122. The maximum absolute atomic E-state index is 12.2. The molecule has 0 aromatic carbocycles. The third-order valence-electron chi connectivity index (χ3n) is 3.36. The van der Waals surface area contributed by atoms with Gasteiger partial charge >= 0.3 is 0 Å². The van der Waals surface area contributed by atoms with E-state index < -0.39 is 5.54 Å². The number of aromatic nitrogens is 1. The van der Waals surface area contributed by atoms with Crippen LogP contribution in [0.3, 0.4) is 0 Å². The first-order valence-electron chi connectivity index (χ1n) is 6.24. The second-order valence-corrected chi connectivity index (χ2v) is 4.99. The van der Waals surface area contributed by atoms with Crippen molar-refractivity contribution in [2.75, 3.05) is 11.9 Å². The highest BCUT2D eigenvalue weighted by molar-refractivity contribution is 5.98. The number of pyridine rings is 1. The SMILES string of the molecule is Cc1ccc(O)c(NC(=O)C2(C)CCCCN2)n1. The molecular formula is C13H19N3O2. The fraction of sp³-hybridized carbons (Fsp3) is 0.538. The van der Waals surface area contributed by atoms with Gasteiger partial charge in [0.15, 0.2) is 11.6 Å². The van der Waals surface area contributed by atoms with E-state index in [2.05, 4.69) is 15.6 Å². The molecular weight excluding hydrogens is 230 g/mol. The van der Waals surface area contributed by atoms with E-state index in [1.165, 1.54) is 6.07 Å². The van der Waals surface area contributed by atoms with Crippen molar-refractivity contribution >= 4 is 11.7 Å². The third-order valence-corrected chi connectivity index (χ3v) is 3.36. The number of hydrogen-bond acceptors (Lipinski definition) is 4. The van der Waals surface area contributed by atoms with E-state index in [1.54, 1.807) is 6.07 Å². The largest absolute Gasteiger partial charge is 0.504 e. The third kappa shape index (κ3) is 2.61. The van der Waals surface area contributed by atoms with Crippen LogP contribution in [0.2, 0.25) is 0 Å². The molecule has 1 atom stereocenters. The van der Waals surface area contributed by atoms with Crippen molar-refractivity contribution in [1.82, 2.24) is 10.3 Å². The summed E-state index contributed by atoms with van der Waals surface area (Å²) >= 11 is 0. The minimum absolute atomic E-state index is 0.00615. The number of anilines is 1. The average Bonchev–Trinajstić information content (AvgIpc) is 2.35. The van der Waals surface area contributed by atoms with Gasteiger partial charge < -0.3 is 15.7 Å². The number of nitrogens with one attached hydrogen (secondary N) is 2. The predicted octanol–water partition coefficient (Wildman–Crippen LogP) is 1.57. The van der Waals surface area contributed by atoms with Crippen LogP contribution >= 0.6 is 0 Å². The number of amides is 1. The van der Waals surface area contributed by atoms with Gasteiger partial charge in [-0.05, 0) is 51.8 Å². The van der Waals surface area contributed by atoms with E-state index in [4.69, 9.17) is 0 Å². The van der Waals surface area contributed by atoms with Crippen molar-refractivity contribution in [2.24, 2.45) is 0 Å². The smallest absolute Gasteiger partial charge is 0.245 e. The Bertz CT molecular complexity index is 454. The number of carbonyl (C=O) groups excluding carboxylic acids is 1. The van der Waals surface area contributed by atoms with Gasteiger partial charge in [0.05, 0.1) is 5.54 Å². The molecule has 0 saturated carbocycles. The zero-order valence-corrected chi connectivity index (χ0v) is 10.8. The lowest BCUT2D eigenvalue weighted by Gasteiger charge is -2.33. The molecule has 1 amide bonds. The standard InChI is InChI=1S/C13H19N3O2/c1-9-5-6-10(17)11(15-9)16-12(18)13(2)7-3-4-8-14-13/h5-6,14,17H,3-4,7-8H2,1-2H3,(H,15,16,18). The minimum atomic E-state index is -0.573. The molecule has 1 aromatic heterocycles. The first-order valence-corrected chi connectivity index (χ1v) is 6.24. The highest BCUT2D eigenvalue weighted by Crippen LogP contribution is 2.24. The minimum Gasteiger partial charge on any atom is -0.504 e. The Morgan fingerprint density at radius 1 is 1.50 bits per heavy atom. The molecule has 2 heterocycles. The molecule has 5 nitrogen and oxygen atoms in total. The number of aryl methyl sites for hydroxylation is 1. The monoisotopic (exact) mass is 249 g/mol. The number of nitrogens with zero attached hydrogens (tertiary/aromatic N) is 1. The van der Waals surface area contributed by atoms with Crippen LogP contribution in [0.25, 0.3) is 0 Å². The molecule has 1 saturated heterocycles. The number of hydrogen-bond donors (Lipinski definition) is 3. The van der Waals surface area contributed by atoms with Crippen molar-refractivity contribution in [3.63, 3.8) is 0 Å². The zero-order valence-electron chi connectivity index (χ0n) is 10.8. The molecule has 2 rings (SSSR count). The summed E-state index contributed by atoms with van der Waals surface area (Å²) in [5.41, 5.74) is 0.181. The van der Waals surface area contributed by atoms with Crippen LogP contribution in [0.1, 0.15) is 31.9 Å². The fourth-order valence-corrected chi connectivity index (χ4v) is 2.14. The van der Waals surface area contributed by atoms with Gasteiger partial charge in [-0.25, -0.2) is 4.98 Å². The predicted molar refractivity (Wildman–Crippen MR) is 69.5 cm³/mol. The molecule has 5 heteroatoms. The van der Waals surface area contributed by atoms with Crippen LogP contribution < -0.4 is 10.6 Å². The van der Waals surface area contributed by atoms with Crippen LogP contribution in [0.5, 0.6) is 5.75 Å². The van der Waals surface area contributed by atoms with Crippen molar-refractivity contribution in [3.8, 4) is 5.75 Å². The Labute approximate surface area is 107 Å². The van der Waals surface area contributed by atoms with Crippen molar-refractivity contribution in [3.05, 3.63) is 17.8 Å². The van der Waals surface area contributed by atoms with E-state index in [-0.39, 0.29) is 17.5 Å². The summed E-state index contributed by atoms with van der Waals surface area (Å²) in [5.74, 6) is 0.0811. The molecule has 0 aliphatic carbocycles. The highest BCUT2D eigenvalue weighted by Gasteiger charge is 2.34. The summed E-state index contributed by atoms with van der Waals surface area (Å²) in [7, 11) is 0. The summed E-state index contributed by atoms with van der Waals surface area (Å²) in [6.45, 7) is 4.54. The Balaban J connectivity index is 2.13. The van der Waals surface area contributed by atoms with Crippen molar-refractivity contribution in [2.45, 2.75) is 38.6 Å². The number of carbonyl (C=O) groups is 1. The van der Waals surface area contributed by atoms with Crippen LogP contribution in [0, 0.1) is 6.92 Å². The Kier molecular flexibility index (Phi) is 3.52.